The van der Waals surface area contributed by atoms with Crippen molar-refractivity contribution in [2.24, 2.45) is 0 Å². The van der Waals surface area contributed by atoms with Crippen LogP contribution < -0.4 is 4.74 Å². The predicted octanol–water partition coefficient (Wildman–Crippen LogP) is 9.03. The van der Waals surface area contributed by atoms with E-state index in [1.165, 1.54) is 50.7 Å². The molecule has 0 N–H and O–H groups in total. The summed E-state index contributed by atoms with van der Waals surface area (Å²) >= 11 is 0.615. The van der Waals surface area contributed by atoms with E-state index in [1.807, 2.05) is 6.92 Å². The first-order chi connectivity index (χ1) is 20.9. The Hall–Kier alpha value is -3.95. The molecule has 0 aliphatic heterocycles. The highest BCUT2D eigenvalue weighted by Gasteiger charge is 2.44. The SMILES string of the molecule is C1CCCCC1.CC1(c2nc(-c3ccc4nc(C(F)(F)F)sc4c3)no2)CC1.FC(F)(F)COc1ccc(-c2ncno2)o1. The van der Waals surface area contributed by atoms with E-state index in [4.69, 9.17) is 8.94 Å². The van der Waals surface area contributed by atoms with Crippen LogP contribution in [0.15, 0.2) is 50.1 Å². The third-order valence-electron chi connectivity index (χ3n) is 6.86. The number of thiazole rings is 1. The minimum atomic E-state index is -4.43. The summed E-state index contributed by atoms with van der Waals surface area (Å²) in [6.07, 6.45) is 3.34. The van der Waals surface area contributed by atoms with E-state index in [-0.39, 0.29) is 23.0 Å². The van der Waals surface area contributed by atoms with Crippen LogP contribution in [0.3, 0.4) is 0 Å². The molecule has 0 unspecified atom stereocenters. The zero-order valence-corrected chi connectivity index (χ0v) is 24.2. The summed E-state index contributed by atoms with van der Waals surface area (Å²) < 4.78 is 93.2. The van der Waals surface area contributed by atoms with Gasteiger partial charge in [-0.3, -0.25) is 0 Å². The Labute approximate surface area is 250 Å². The van der Waals surface area contributed by atoms with Crippen molar-refractivity contribution in [2.45, 2.75) is 76.1 Å². The molecule has 16 heteroatoms. The molecule has 5 aromatic rings. The second-order valence-corrected chi connectivity index (χ2v) is 11.6. The Bertz CT molecular complexity index is 1620. The number of ether oxygens (including phenoxy) is 1. The van der Waals surface area contributed by atoms with Crippen LogP contribution in [-0.4, -0.2) is 38.0 Å². The van der Waals surface area contributed by atoms with Gasteiger partial charge in [-0.05, 0) is 37.1 Å². The first-order valence-electron chi connectivity index (χ1n) is 13.8. The van der Waals surface area contributed by atoms with Crippen LogP contribution in [0.5, 0.6) is 5.95 Å². The zero-order chi connectivity index (χ0) is 31.4. The molecule has 0 atom stereocenters. The van der Waals surface area contributed by atoms with Gasteiger partial charge in [0, 0.05) is 17.0 Å². The van der Waals surface area contributed by atoms with Gasteiger partial charge >= 0.3 is 12.4 Å². The molecule has 9 nitrogen and oxygen atoms in total. The lowest BCUT2D eigenvalue weighted by Gasteiger charge is -2.05. The number of rotatable bonds is 5. The van der Waals surface area contributed by atoms with Crippen LogP contribution in [0.2, 0.25) is 0 Å². The monoisotopic (exact) mass is 643 g/mol. The van der Waals surface area contributed by atoms with Crippen LogP contribution in [0, 0.1) is 0 Å². The molecule has 2 saturated carbocycles. The van der Waals surface area contributed by atoms with E-state index in [0.29, 0.717) is 38.8 Å². The van der Waals surface area contributed by atoms with Crippen molar-refractivity contribution in [1.82, 2.24) is 25.3 Å². The van der Waals surface area contributed by atoms with Crippen molar-refractivity contribution in [3.8, 4) is 29.0 Å². The average molecular weight is 644 g/mol. The summed E-state index contributed by atoms with van der Waals surface area (Å²) in [4.78, 5) is 11.6. The summed E-state index contributed by atoms with van der Waals surface area (Å²) in [5.74, 6) is 0.942. The van der Waals surface area contributed by atoms with Gasteiger partial charge in [0.05, 0.1) is 10.2 Å². The van der Waals surface area contributed by atoms with Gasteiger partial charge in [-0.25, -0.2) is 4.98 Å². The molecule has 236 valence electrons. The molecule has 2 fully saturated rings. The van der Waals surface area contributed by atoms with Gasteiger partial charge in [0.15, 0.2) is 23.7 Å². The number of halogens is 6. The minimum Gasteiger partial charge on any atom is -0.455 e. The number of benzene rings is 1. The standard InChI is InChI=1S/C14H10F3N3OS.C8H5F3N2O3.C6H12/c1-13(4-5-13)11-19-10(20-21-11)7-2-3-8-9(6-7)22-12(18-8)14(15,16)17;9-8(10,11)3-14-6-2-1-5(15-6)7-12-4-13-16-7;1-2-4-6-5-3-1/h2-3,6H,4-5H2,1H3;1-2,4H,3H2;1-6H2. The number of alkyl halides is 6. The number of hydrogen-bond donors (Lipinski definition) is 0. The number of aromatic nitrogens is 5. The Morgan fingerprint density at radius 3 is 2.20 bits per heavy atom. The highest BCUT2D eigenvalue weighted by molar-refractivity contribution is 7.18. The first-order valence-corrected chi connectivity index (χ1v) is 14.6. The highest BCUT2D eigenvalue weighted by atomic mass is 32.1. The predicted molar refractivity (Wildman–Crippen MR) is 146 cm³/mol. The van der Waals surface area contributed by atoms with E-state index in [9.17, 15) is 26.3 Å². The first kappa shape index (κ1) is 31.5. The van der Waals surface area contributed by atoms with Crippen LogP contribution in [-0.2, 0) is 11.6 Å². The summed E-state index contributed by atoms with van der Waals surface area (Å²) in [6.45, 7) is 0.635. The molecule has 4 heterocycles. The largest absolute Gasteiger partial charge is 0.455 e. The van der Waals surface area contributed by atoms with Gasteiger partial charge in [-0.2, -0.15) is 36.3 Å². The number of fused-ring (bicyclic) bond motifs is 1. The molecule has 0 bridgehead atoms. The number of nitrogens with zero attached hydrogens (tertiary/aromatic N) is 5. The van der Waals surface area contributed by atoms with Gasteiger partial charge in [-0.15, -0.1) is 11.3 Å². The maximum absolute atomic E-state index is 12.7. The molecule has 4 aromatic heterocycles. The molecular weight excluding hydrogens is 616 g/mol. The maximum Gasteiger partial charge on any atom is 0.443 e. The molecule has 2 aliphatic carbocycles. The molecule has 0 spiro atoms. The lowest BCUT2D eigenvalue weighted by molar-refractivity contribution is -0.156. The number of furan rings is 1. The Balaban J connectivity index is 0.000000152. The van der Waals surface area contributed by atoms with E-state index >= 15 is 0 Å². The Kier molecular flexibility index (Phi) is 9.27. The van der Waals surface area contributed by atoms with E-state index in [1.54, 1.807) is 18.2 Å². The summed E-state index contributed by atoms with van der Waals surface area (Å²) in [6, 6.07) is 7.44. The van der Waals surface area contributed by atoms with E-state index < -0.39 is 24.0 Å². The average Bonchev–Trinajstić information content (AvgIpc) is 3.60. The Morgan fingerprint density at radius 2 is 1.61 bits per heavy atom. The van der Waals surface area contributed by atoms with Crippen LogP contribution >= 0.6 is 11.3 Å². The van der Waals surface area contributed by atoms with Crippen molar-refractivity contribution in [3.05, 3.63) is 47.6 Å². The second-order valence-electron chi connectivity index (χ2n) is 10.6. The molecule has 0 amide bonds. The molecule has 7 rings (SSSR count). The molecule has 0 radical (unpaired) electrons. The van der Waals surface area contributed by atoms with Crippen LogP contribution in [0.4, 0.5) is 26.3 Å². The molecular formula is C28H27F6N5O4S. The second kappa shape index (κ2) is 13.0. The zero-order valence-electron chi connectivity index (χ0n) is 23.4. The van der Waals surface area contributed by atoms with Gasteiger partial charge in [-0.1, -0.05) is 55.8 Å². The number of hydrogen-bond acceptors (Lipinski definition) is 10. The van der Waals surface area contributed by atoms with E-state index in [2.05, 4.69) is 34.5 Å². The van der Waals surface area contributed by atoms with Crippen LogP contribution in [0.1, 0.15) is 69.2 Å². The van der Waals surface area contributed by atoms with Gasteiger partial charge in [0.25, 0.3) is 11.8 Å². The third-order valence-corrected chi connectivity index (χ3v) is 7.93. The fourth-order valence-electron chi connectivity index (χ4n) is 4.18. The molecule has 44 heavy (non-hydrogen) atoms. The van der Waals surface area contributed by atoms with Crippen LogP contribution in [0.25, 0.3) is 33.3 Å². The van der Waals surface area contributed by atoms with Crippen molar-refractivity contribution < 1.29 is 44.5 Å². The Morgan fingerprint density at radius 1 is 0.909 bits per heavy atom. The summed E-state index contributed by atoms with van der Waals surface area (Å²) in [5, 5.41) is 6.41. The van der Waals surface area contributed by atoms with Crippen molar-refractivity contribution >= 4 is 21.6 Å². The highest BCUT2D eigenvalue weighted by Crippen LogP contribution is 2.47. The van der Waals surface area contributed by atoms with Crippen molar-refractivity contribution in [1.29, 1.82) is 0 Å². The topological polar surface area (TPSA) is 113 Å². The van der Waals surface area contributed by atoms with Gasteiger partial charge < -0.3 is 18.2 Å². The van der Waals surface area contributed by atoms with Gasteiger partial charge in [0.1, 0.15) is 0 Å². The lowest BCUT2D eigenvalue weighted by atomic mass is 10.0. The normalized spacial score (nSPS) is 16.1. The third kappa shape index (κ3) is 8.36. The van der Waals surface area contributed by atoms with Crippen molar-refractivity contribution in [3.63, 3.8) is 0 Å². The molecule has 1 aromatic carbocycles. The lowest BCUT2D eigenvalue weighted by Crippen LogP contribution is -2.18. The quantitative estimate of drug-likeness (QED) is 0.173. The van der Waals surface area contributed by atoms with Gasteiger partial charge in [0.2, 0.25) is 11.7 Å². The van der Waals surface area contributed by atoms with E-state index in [0.717, 1.165) is 19.2 Å². The summed E-state index contributed by atoms with van der Waals surface area (Å²) in [7, 11) is 0. The smallest absolute Gasteiger partial charge is 0.443 e. The summed E-state index contributed by atoms with van der Waals surface area (Å²) in [5.41, 5.74) is 0.909. The fraction of sp³-hybridized carbons (Fsp3) is 0.464. The van der Waals surface area contributed by atoms with Crippen molar-refractivity contribution in [2.75, 3.05) is 6.61 Å². The minimum absolute atomic E-state index is 0.0384. The molecule has 0 saturated heterocycles. The fourth-order valence-corrected chi connectivity index (χ4v) is 5.05. The maximum atomic E-state index is 12.7. The molecule has 2 aliphatic rings.